The number of methoxy groups -OCH3 is 2. The Morgan fingerprint density at radius 1 is 1.17 bits per heavy atom. The fraction of sp³-hybridized carbons (Fsp3) is 0.615. The number of carbonyl (C=O) groups is 1. The molecule has 0 radical (unpaired) electrons. The lowest BCUT2D eigenvalue weighted by molar-refractivity contribution is -0.139. The van der Waals surface area contributed by atoms with Gasteiger partial charge in [0, 0.05) is 6.08 Å². The Morgan fingerprint density at radius 3 is 2.00 bits per heavy atom. The Hall–Kier alpha value is -1.23. The lowest BCUT2D eigenvalue weighted by atomic mass is 10.2. The van der Waals surface area contributed by atoms with Crippen molar-refractivity contribution < 1.29 is 18.7 Å². The van der Waals surface area contributed by atoms with Crippen molar-refractivity contribution in [1.29, 1.82) is 0 Å². The van der Waals surface area contributed by atoms with E-state index in [2.05, 4.69) is 45.2 Å². The second-order valence-corrected chi connectivity index (χ2v) is 10.3. The number of esters is 1. The summed E-state index contributed by atoms with van der Waals surface area (Å²) < 4.78 is 15.4. The average Bonchev–Trinajstić information content (AvgIpc) is 2.22. The smallest absolute Gasteiger partial charge is 0.373 e. The summed E-state index contributed by atoms with van der Waals surface area (Å²) in [4.78, 5) is 11.3. The molecule has 5 heteroatoms. The Morgan fingerprint density at radius 2 is 1.67 bits per heavy atom. The number of hydrogen-bond acceptors (Lipinski definition) is 4. The van der Waals surface area contributed by atoms with Crippen LogP contribution in [0.25, 0.3) is 0 Å². The third-order valence-corrected chi connectivity index (χ3v) is 7.48. The van der Waals surface area contributed by atoms with E-state index in [1.807, 2.05) is 0 Å². The molecular weight excluding hydrogens is 248 g/mol. The molecule has 0 bridgehead atoms. The van der Waals surface area contributed by atoms with Crippen molar-refractivity contribution >= 4 is 14.3 Å². The van der Waals surface area contributed by atoms with E-state index < -0.39 is 14.3 Å². The van der Waals surface area contributed by atoms with Gasteiger partial charge in [0.05, 0.1) is 20.0 Å². The summed E-state index contributed by atoms with van der Waals surface area (Å²) in [5, 5.41) is 0.0717. The molecule has 0 N–H and O–H groups in total. The largest absolute Gasteiger partial charge is 0.544 e. The van der Waals surface area contributed by atoms with E-state index in [9.17, 15) is 4.79 Å². The summed E-state index contributed by atoms with van der Waals surface area (Å²) in [5.41, 5.74) is 0. The summed E-state index contributed by atoms with van der Waals surface area (Å²) in [6, 6.07) is 0. The molecule has 0 atom stereocenters. The quantitative estimate of drug-likeness (QED) is 0.253. The van der Waals surface area contributed by atoms with Crippen LogP contribution in [0.4, 0.5) is 0 Å². The molecule has 0 saturated heterocycles. The first-order chi connectivity index (χ1) is 8.05. The highest BCUT2D eigenvalue weighted by atomic mass is 28.4. The standard InChI is InChI=1S/C13H24O4Si/c1-10(9-11(15-5)12(14)16-6)17-18(7,8)13(2,3)4/h9H,1H2,2-8H3/b11-9-. The van der Waals surface area contributed by atoms with Crippen LogP contribution in [-0.4, -0.2) is 28.5 Å². The predicted octanol–water partition coefficient (Wildman–Crippen LogP) is 3.23. The van der Waals surface area contributed by atoms with Gasteiger partial charge in [0.1, 0.15) is 0 Å². The molecule has 0 aromatic heterocycles. The van der Waals surface area contributed by atoms with E-state index in [1.165, 1.54) is 20.3 Å². The summed E-state index contributed by atoms with van der Waals surface area (Å²) in [5.74, 6) is -0.0393. The molecule has 0 aliphatic heterocycles. The van der Waals surface area contributed by atoms with E-state index in [-0.39, 0.29) is 10.8 Å². The maximum atomic E-state index is 11.3. The topological polar surface area (TPSA) is 44.8 Å². The first-order valence-corrected chi connectivity index (χ1v) is 8.68. The summed E-state index contributed by atoms with van der Waals surface area (Å²) in [6.45, 7) is 14.4. The minimum atomic E-state index is -1.94. The third-order valence-electron chi connectivity index (χ3n) is 3.09. The van der Waals surface area contributed by atoms with Gasteiger partial charge in [0.25, 0.3) is 0 Å². The highest BCUT2D eigenvalue weighted by molar-refractivity contribution is 6.74. The molecular formula is C13H24O4Si. The Labute approximate surface area is 111 Å². The van der Waals surface area contributed by atoms with Crippen molar-refractivity contribution in [2.75, 3.05) is 14.2 Å². The molecule has 18 heavy (non-hydrogen) atoms. The lowest BCUT2D eigenvalue weighted by Crippen LogP contribution is -2.40. The molecule has 0 saturated carbocycles. The minimum absolute atomic E-state index is 0.0717. The van der Waals surface area contributed by atoms with Gasteiger partial charge >= 0.3 is 5.97 Å². The van der Waals surface area contributed by atoms with Gasteiger partial charge < -0.3 is 13.9 Å². The van der Waals surface area contributed by atoms with Gasteiger partial charge in [-0.15, -0.1) is 0 Å². The number of allylic oxidation sites excluding steroid dienone is 1. The van der Waals surface area contributed by atoms with Crippen LogP contribution in [0.15, 0.2) is 24.2 Å². The van der Waals surface area contributed by atoms with Crippen LogP contribution in [0.2, 0.25) is 18.1 Å². The number of ether oxygens (including phenoxy) is 2. The maximum Gasteiger partial charge on any atom is 0.373 e. The first kappa shape index (κ1) is 16.8. The molecule has 0 aliphatic rings. The zero-order valence-corrected chi connectivity index (χ0v) is 13.4. The first-order valence-electron chi connectivity index (χ1n) is 5.77. The zero-order valence-electron chi connectivity index (χ0n) is 12.4. The SMILES string of the molecule is C=C(/C=C(\OC)C(=O)OC)O[Si](C)(C)C(C)(C)C. The van der Waals surface area contributed by atoms with Crippen molar-refractivity contribution in [2.24, 2.45) is 0 Å². The molecule has 0 aliphatic carbocycles. The van der Waals surface area contributed by atoms with Gasteiger partial charge in [-0.2, -0.15) is 0 Å². The number of rotatable bonds is 5. The summed E-state index contributed by atoms with van der Waals surface area (Å²) in [6.07, 6.45) is 1.46. The van der Waals surface area contributed by atoms with E-state index in [0.717, 1.165) is 0 Å². The molecule has 0 unspecified atom stereocenters. The Balaban J connectivity index is 4.89. The molecule has 0 fully saturated rings. The minimum Gasteiger partial charge on any atom is -0.544 e. The molecule has 0 aromatic rings. The summed E-state index contributed by atoms with van der Waals surface area (Å²) >= 11 is 0. The van der Waals surface area contributed by atoms with Gasteiger partial charge in [0.2, 0.25) is 14.1 Å². The predicted molar refractivity (Wildman–Crippen MR) is 74.5 cm³/mol. The van der Waals surface area contributed by atoms with Gasteiger partial charge in [-0.25, -0.2) is 4.79 Å². The van der Waals surface area contributed by atoms with Gasteiger partial charge in [-0.1, -0.05) is 27.4 Å². The molecule has 0 amide bonds. The molecule has 0 aromatic carbocycles. The highest BCUT2D eigenvalue weighted by Crippen LogP contribution is 2.37. The van der Waals surface area contributed by atoms with Crippen molar-refractivity contribution in [3.05, 3.63) is 24.2 Å². The lowest BCUT2D eigenvalue weighted by Gasteiger charge is -2.36. The molecule has 0 rings (SSSR count). The van der Waals surface area contributed by atoms with Crippen LogP contribution in [-0.2, 0) is 18.7 Å². The average molecular weight is 272 g/mol. The van der Waals surface area contributed by atoms with Crippen molar-refractivity contribution in [2.45, 2.75) is 38.9 Å². The zero-order chi connectivity index (χ0) is 14.6. The monoisotopic (exact) mass is 272 g/mol. The fourth-order valence-corrected chi connectivity index (χ4v) is 1.98. The van der Waals surface area contributed by atoms with Crippen molar-refractivity contribution in [3.63, 3.8) is 0 Å². The van der Waals surface area contributed by atoms with Crippen molar-refractivity contribution in [1.82, 2.24) is 0 Å². The van der Waals surface area contributed by atoms with E-state index in [4.69, 9.17) is 9.16 Å². The Bertz CT molecular complexity index is 350. The number of hydrogen-bond donors (Lipinski definition) is 0. The molecule has 104 valence electrons. The van der Waals surface area contributed by atoms with E-state index >= 15 is 0 Å². The summed E-state index contributed by atoms with van der Waals surface area (Å²) in [7, 11) is 0.759. The second kappa shape index (κ2) is 6.09. The highest BCUT2D eigenvalue weighted by Gasteiger charge is 2.39. The second-order valence-electron chi connectivity index (χ2n) is 5.53. The normalized spacial score (nSPS) is 12.9. The number of carbonyl (C=O) groups excluding carboxylic acids is 1. The van der Waals surface area contributed by atoms with Crippen LogP contribution in [0.3, 0.4) is 0 Å². The van der Waals surface area contributed by atoms with Gasteiger partial charge in [-0.3, -0.25) is 0 Å². The van der Waals surface area contributed by atoms with E-state index in [0.29, 0.717) is 5.76 Å². The molecule has 4 nitrogen and oxygen atoms in total. The third kappa shape index (κ3) is 4.56. The fourth-order valence-electron chi connectivity index (χ4n) is 0.958. The van der Waals surface area contributed by atoms with Crippen molar-refractivity contribution in [3.8, 4) is 0 Å². The molecule has 0 heterocycles. The van der Waals surface area contributed by atoms with Crippen LogP contribution in [0.5, 0.6) is 0 Å². The molecule has 0 spiro atoms. The van der Waals surface area contributed by atoms with Gasteiger partial charge in [0.15, 0.2) is 0 Å². The van der Waals surface area contributed by atoms with Crippen LogP contribution in [0, 0.1) is 0 Å². The van der Waals surface area contributed by atoms with E-state index in [1.54, 1.807) is 0 Å². The van der Waals surface area contributed by atoms with Crippen LogP contribution >= 0.6 is 0 Å². The van der Waals surface area contributed by atoms with Crippen LogP contribution in [0.1, 0.15) is 20.8 Å². The van der Waals surface area contributed by atoms with Gasteiger partial charge in [-0.05, 0) is 18.1 Å². The Kier molecular flexibility index (Phi) is 5.67. The maximum absolute atomic E-state index is 11.3. The van der Waals surface area contributed by atoms with Crippen LogP contribution < -0.4 is 0 Å².